The molecule has 2 aliphatic heterocycles. The van der Waals surface area contributed by atoms with Crippen molar-refractivity contribution >= 4 is 23.2 Å². The summed E-state index contributed by atoms with van der Waals surface area (Å²) in [6, 6.07) is 0. The minimum atomic E-state index is -0.760. The van der Waals surface area contributed by atoms with Gasteiger partial charge in [-0.05, 0) is 41.5 Å². The van der Waals surface area contributed by atoms with Crippen molar-refractivity contribution in [2.75, 3.05) is 27.2 Å². The van der Waals surface area contributed by atoms with Crippen LogP contribution in [0, 0.1) is 0 Å². The Morgan fingerprint density at radius 2 is 1.07 bits per heavy atom. The number of aliphatic imine (C=N–C) groups is 2. The molecule has 29 heavy (non-hydrogen) atoms. The van der Waals surface area contributed by atoms with Crippen molar-refractivity contribution in [1.29, 1.82) is 0 Å². The second-order valence-electron chi connectivity index (χ2n) is 8.23. The summed E-state index contributed by atoms with van der Waals surface area (Å²) in [6.07, 6.45) is 0. The number of carbonyl (C=O) groups excluding carboxylic acids is 2. The van der Waals surface area contributed by atoms with E-state index in [-0.39, 0.29) is 51.0 Å². The van der Waals surface area contributed by atoms with Gasteiger partial charge in [-0.2, -0.15) is 0 Å². The van der Waals surface area contributed by atoms with Crippen LogP contribution in [0.5, 0.6) is 0 Å². The minimum absolute atomic E-state index is 0. The Kier molecular flexibility index (Phi) is 7.13. The molecule has 0 atom stereocenters. The van der Waals surface area contributed by atoms with Gasteiger partial charge in [0, 0.05) is 42.0 Å². The number of carbonyl (C=O) groups is 2. The molecule has 0 fully saturated rings. The van der Waals surface area contributed by atoms with Crippen molar-refractivity contribution in [2.45, 2.75) is 52.6 Å². The standard InChI is InChI=1S/C20H30N4O4.Ni/c1-11(13-15(25)19(3,4)23(7)17(13)27)21-9-10-22-12(2)14-16(26)20(5,6)24(8)18(14)28;/h25-26H,9-10H2,1-8H3;. The summed E-state index contributed by atoms with van der Waals surface area (Å²) in [7, 11) is 3.29. The fourth-order valence-corrected chi connectivity index (χ4v) is 3.22. The molecule has 0 unspecified atom stereocenters. The number of rotatable bonds is 5. The molecule has 2 N–H and O–H groups in total. The molecule has 0 aliphatic carbocycles. The molecule has 0 spiro atoms. The topological polar surface area (TPSA) is 106 Å². The molecule has 164 valence electrons. The van der Waals surface area contributed by atoms with Gasteiger partial charge in [-0.1, -0.05) is 0 Å². The van der Waals surface area contributed by atoms with Crippen LogP contribution in [0.2, 0.25) is 0 Å². The number of hydrogen-bond acceptors (Lipinski definition) is 6. The maximum atomic E-state index is 12.4. The summed E-state index contributed by atoms with van der Waals surface area (Å²) >= 11 is 0. The molecule has 2 heterocycles. The van der Waals surface area contributed by atoms with E-state index < -0.39 is 11.1 Å². The Hall–Kier alpha value is -2.15. The molecule has 8 nitrogen and oxygen atoms in total. The second-order valence-corrected chi connectivity index (χ2v) is 8.23. The molecule has 2 amide bonds. The number of nitrogens with zero attached hydrogens (tertiary/aromatic N) is 4. The first kappa shape index (κ1) is 24.9. The number of likely N-dealkylation sites (N-methyl/N-ethyl adjacent to an activating group) is 2. The average Bonchev–Trinajstić information content (AvgIpc) is 2.86. The zero-order valence-electron chi connectivity index (χ0n) is 18.2. The summed E-state index contributed by atoms with van der Waals surface area (Å²) in [4.78, 5) is 36.4. The number of aliphatic hydroxyl groups is 2. The third-order valence-electron chi connectivity index (χ3n) is 5.87. The Labute approximate surface area is 182 Å². The molecule has 0 saturated heterocycles. The van der Waals surface area contributed by atoms with Gasteiger partial charge in [0.15, 0.2) is 0 Å². The van der Waals surface area contributed by atoms with E-state index in [4.69, 9.17) is 0 Å². The zero-order chi connectivity index (χ0) is 21.6. The zero-order valence-corrected chi connectivity index (χ0v) is 19.2. The Balaban J connectivity index is 0.00000420. The van der Waals surface area contributed by atoms with Crippen LogP contribution < -0.4 is 0 Å². The van der Waals surface area contributed by atoms with Crippen LogP contribution in [-0.4, -0.2) is 81.5 Å². The van der Waals surface area contributed by atoms with Gasteiger partial charge in [0.1, 0.15) is 22.7 Å². The van der Waals surface area contributed by atoms with E-state index in [0.717, 1.165) is 0 Å². The molecule has 0 saturated carbocycles. The van der Waals surface area contributed by atoms with E-state index in [1.54, 1.807) is 55.6 Å². The van der Waals surface area contributed by atoms with Gasteiger partial charge >= 0.3 is 0 Å². The number of hydrogen-bond donors (Lipinski definition) is 2. The molecule has 2 aliphatic rings. The normalized spacial score (nSPS) is 22.1. The van der Waals surface area contributed by atoms with Crippen LogP contribution in [0.25, 0.3) is 0 Å². The fourth-order valence-electron chi connectivity index (χ4n) is 3.22. The number of aliphatic hydroxyl groups excluding tert-OH is 2. The Morgan fingerprint density at radius 1 is 0.793 bits per heavy atom. The third-order valence-corrected chi connectivity index (χ3v) is 5.87. The van der Waals surface area contributed by atoms with Crippen LogP contribution in [0.15, 0.2) is 32.6 Å². The van der Waals surface area contributed by atoms with E-state index >= 15 is 0 Å². The molecular formula is C20H30N4NiO4. The van der Waals surface area contributed by atoms with Crippen LogP contribution in [0.3, 0.4) is 0 Å². The first-order valence-electron chi connectivity index (χ1n) is 9.22. The molecule has 0 radical (unpaired) electrons. The van der Waals surface area contributed by atoms with Crippen molar-refractivity contribution in [2.24, 2.45) is 9.98 Å². The molecule has 0 aromatic rings. The summed E-state index contributed by atoms with van der Waals surface area (Å²) in [5.74, 6) is -0.503. The van der Waals surface area contributed by atoms with Crippen molar-refractivity contribution in [3.63, 3.8) is 0 Å². The quantitative estimate of drug-likeness (QED) is 0.381. The van der Waals surface area contributed by atoms with Gasteiger partial charge in [0.25, 0.3) is 11.8 Å². The van der Waals surface area contributed by atoms with Crippen LogP contribution in [-0.2, 0) is 26.1 Å². The van der Waals surface area contributed by atoms with Crippen LogP contribution >= 0.6 is 0 Å². The summed E-state index contributed by atoms with van der Waals surface area (Å²) in [5.41, 5.74) is -0.168. The van der Waals surface area contributed by atoms with Gasteiger partial charge in [0.05, 0.1) is 24.2 Å². The Morgan fingerprint density at radius 3 is 1.28 bits per heavy atom. The fraction of sp³-hybridized carbons (Fsp3) is 0.600. The minimum Gasteiger partial charge on any atom is -0.509 e. The third kappa shape index (κ3) is 3.97. The van der Waals surface area contributed by atoms with Gasteiger partial charge in [-0.15, -0.1) is 0 Å². The monoisotopic (exact) mass is 448 g/mol. The summed E-state index contributed by atoms with van der Waals surface area (Å²) in [5, 5.41) is 20.8. The average molecular weight is 449 g/mol. The van der Waals surface area contributed by atoms with Crippen LogP contribution in [0.1, 0.15) is 41.5 Å². The van der Waals surface area contributed by atoms with Crippen LogP contribution in [0.4, 0.5) is 0 Å². The van der Waals surface area contributed by atoms with E-state index in [1.807, 2.05) is 0 Å². The summed E-state index contributed by atoms with van der Waals surface area (Å²) < 4.78 is 0. The smallest absolute Gasteiger partial charge is 0.259 e. The molecule has 2 rings (SSSR count). The number of amides is 2. The van der Waals surface area contributed by atoms with Gasteiger partial charge in [0.2, 0.25) is 0 Å². The van der Waals surface area contributed by atoms with E-state index in [0.29, 0.717) is 24.5 Å². The summed E-state index contributed by atoms with van der Waals surface area (Å²) in [6.45, 7) is 11.0. The molecule has 0 aromatic carbocycles. The van der Waals surface area contributed by atoms with Crippen molar-refractivity contribution in [3.05, 3.63) is 22.7 Å². The Bertz CT molecular complexity index is 783. The first-order chi connectivity index (χ1) is 12.8. The maximum absolute atomic E-state index is 12.4. The van der Waals surface area contributed by atoms with Crippen molar-refractivity contribution in [1.82, 2.24) is 9.80 Å². The van der Waals surface area contributed by atoms with Gasteiger partial charge in [-0.25, -0.2) is 0 Å². The van der Waals surface area contributed by atoms with Gasteiger partial charge in [-0.3, -0.25) is 19.6 Å². The molecule has 0 aromatic heterocycles. The molecular weight excluding hydrogens is 419 g/mol. The molecule has 0 bridgehead atoms. The molecule has 9 heteroatoms. The SMILES string of the molecule is CC(=NCCN=C(C)C1=C(O)C(C)(C)N(C)C1=O)C1=C(O)C(C)(C)N(C)C1=O.[Ni]. The maximum Gasteiger partial charge on any atom is 0.259 e. The largest absolute Gasteiger partial charge is 0.509 e. The predicted molar refractivity (Wildman–Crippen MR) is 109 cm³/mol. The van der Waals surface area contributed by atoms with E-state index in [2.05, 4.69) is 9.98 Å². The second kappa shape index (κ2) is 8.30. The van der Waals surface area contributed by atoms with Crippen molar-refractivity contribution < 1.29 is 36.3 Å². The van der Waals surface area contributed by atoms with Crippen molar-refractivity contribution in [3.8, 4) is 0 Å². The van der Waals surface area contributed by atoms with E-state index in [1.165, 1.54) is 9.80 Å². The van der Waals surface area contributed by atoms with Gasteiger partial charge < -0.3 is 20.0 Å². The van der Waals surface area contributed by atoms with E-state index in [9.17, 15) is 19.8 Å². The predicted octanol–water partition coefficient (Wildman–Crippen LogP) is 2.03. The first-order valence-corrected chi connectivity index (χ1v) is 9.22.